The summed E-state index contributed by atoms with van der Waals surface area (Å²) in [4.78, 5) is 29.7. The van der Waals surface area contributed by atoms with Gasteiger partial charge < -0.3 is 19.9 Å². The lowest BCUT2D eigenvalue weighted by Gasteiger charge is -2.32. The van der Waals surface area contributed by atoms with Crippen LogP contribution in [0.25, 0.3) is 0 Å². The van der Waals surface area contributed by atoms with E-state index >= 15 is 0 Å². The monoisotopic (exact) mass is 421 g/mol. The molecule has 3 rings (SSSR count). The van der Waals surface area contributed by atoms with Gasteiger partial charge in [0.15, 0.2) is 0 Å². The molecule has 0 saturated carbocycles. The molecule has 2 fully saturated rings. The van der Waals surface area contributed by atoms with Crippen LogP contribution < -0.4 is 10.1 Å². The smallest absolute Gasteiger partial charge is 0.257 e. The standard InChI is InChI=1S/C22H32ClN3O3/c1-16(15-25-9-3-4-10-25)14-24-21(27)17-7-11-26(12-8-17)22(28)19-13-18(23)5-6-20(19)29-2/h5-6,13,16-17H,3-4,7-12,14-15H2,1-2H3,(H,24,27). The summed E-state index contributed by atoms with van der Waals surface area (Å²) < 4.78 is 5.30. The molecular weight excluding hydrogens is 390 g/mol. The summed E-state index contributed by atoms with van der Waals surface area (Å²) in [6.45, 7) is 7.46. The minimum Gasteiger partial charge on any atom is -0.496 e. The highest BCUT2D eigenvalue weighted by Crippen LogP contribution is 2.26. The van der Waals surface area contributed by atoms with E-state index in [1.54, 1.807) is 30.2 Å². The van der Waals surface area contributed by atoms with Crippen molar-refractivity contribution in [1.29, 1.82) is 0 Å². The molecule has 0 bridgehead atoms. The highest BCUT2D eigenvalue weighted by molar-refractivity contribution is 6.31. The molecule has 0 aliphatic carbocycles. The van der Waals surface area contributed by atoms with Crippen molar-refractivity contribution in [2.24, 2.45) is 11.8 Å². The predicted molar refractivity (Wildman–Crippen MR) is 114 cm³/mol. The number of rotatable bonds is 7. The van der Waals surface area contributed by atoms with E-state index in [2.05, 4.69) is 17.1 Å². The van der Waals surface area contributed by atoms with Crippen molar-refractivity contribution in [2.75, 3.05) is 46.4 Å². The molecule has 0 spiro atoms. The summed E-state index contributed by atoms with van der Waals surface area (Å²) in [5.74, 6) is 0.965. The third-order valence-corrected chi connectivity index (χ3v) is 6.17. The lowest BCUT2D eigenvalue weighted by Crippen LogP contribution is -2.44. The van der Waals surface area contributed by atoms with Gasteiger partial charge in [0.2, 0.25) is 5.91 Å². The van der Waals surface area contributed by atoms with Crippen LogP contribution in [-0.2, 0) is 4.79 Å². The Morgan fingerprint density at radius 1 is 1.21 bits per heavy atom. The molecule has 1 aromatic rings. The normalized spacial score (nSPS) is 19.2. The molecule has 1 N–H and O–H groups in total. The molecule has 1 aromatic carbocycles. The minimum atomic E-state index is -0.0950. The van der Waals surface area contributed by atoms with Gasteiger partial charge in [0.1, 0.15) is 5.75 Å². The molecule has 2 aliphatic rings. The van der Waals surface area contributed by atoms with E-state index < -0.39 is 0 Å². The van der Waals surface area contributed by atoms with Gasteiger partial charge in [-0.3, -0.25) is 9.59 Å². The second-order valence-electron chi connectivity index (χ2n) is 8.27. The quantitative estimate of drug-likeness (QED) is 0.735. The minimum absolute atomic E-state index is 0.0284. The number of amides is 2. The van der Waals surface area contributed by atoms with Gasteiger partial charge in [-0.05, 0) is 62.9 Å². The van der Waals surface area contributed by atoms with Gasteiger partial charge in [-0.25, -0.2) is 0 Å². The Morgan fingerprint density at radius 3 is 2.55 bits per heavy atom. The molecule has 29 heavy (non-hydrogen) atoms. The van der Waals surface area contributed by atoms with Crippen LogP contribution in [0.5, 0.6) is 5.75 Å². The Bertz CT molecular complexity index is 713. The molecule has 2 saturated heterocycles. The van der Waals surface area contributed by atoms with Gasteiger partial charge in [0, 0.05) is 37.1 Å². The molecule has 0 radical (unpaired) electrons. The van der Waals surface area contributed by atoms with Gasteiger partial charge in [0.05, 0.1) is 12.7 Å². The second-order valence-corrected chi connectivity index (χ2v) is 8.71. The number of likely N-dealkylation sites (tertiary alicyclic amines) is 2. The fraction of sp³-hybridized carbons (Fsp3) is 0.636. The maximum atomic E-state index is 12.9. The number of carbonyl (C=O) groups is 2. The Balaban J connectivity index is 1.45. The van der Waals surface area contributed by atoms with E-state index in [9.17, 15) is 9.59 Å². The summed E-state index contributed by atoms with van der Waals surface area (Å²) in [6.07, 6.45) is 3.94. The van der Waals surface area contributed by atoms with Crippen LogP contribution >= 0.6 is 11.6 Å². The summed E-state index contributed by atoms with van der Waals surface area (Å²) in [6, 6.07) is 5.06. The summed E-state index contributed by atoms with van der Waals surface area (Å²) >= 11 is 6.05. The first-order valence-corrected chi connectivity index (χ1v) is 11.0. The first kappa shape index (κ1) is 21.9. The zero-order chi connectivity index (χ0) is 20.8. The number of hydrogen-bond donors (Lipinski definition) is 1. The van der Waals surface area contributed by atoms with Crippen LogP contribution in [-0.4, -0.2) is 68.0 Å². The van der Waals surface area contributed by atoms with E-state index in [1.165, 1.54) is 25.9 Å². The van der Waals surface area contributed by atoms with Gasteiger partial charge in [-0.2, -0.15) is 0 Å². The van der Waals surface area contributed by atoms with Gasteiger partial charge in [-0.1, -0.05) is 18.5 Å². The van der Waals surface area contributed by atoms with Gasteiger partial charge in [-0.15, -0.1) is 0 Å². The number of ether oxygens (including phenoxy) is 1. The van der Waals surface area contributed by atoms with Crippen molar-refractivity contribution < 1.29 is 14.3 Å². The third-order valence-electron chi connectivity index (χ3n) is 5.94. The average molecular weight is 422 g/mol. The van der Waals surface area contributed by atoms with Gasteiger partial charge >= 0.3 is 0 Å². The molecule has 160 valence electrons. The summed E-state index contributed by atoms with van der Waals surface area (Å²) in [5.41, 5.74) is 0.471. The van der Waals surface area contributed by atoms with Gasteiger partial charge in [0.25, 0.3) is 5.91 Å². The number of hydrogen-bond acceptors (Lipinski definition) is 4. The van der Waals surface area contributed by atoms with E-state index in [0.29, 0.717) is 54.7 Å². The van der Waals surface area contributed by atoms with Crippen LogP contribution in [0.3, 0.4) is 0 Å². The Kier molecular flexibility index (Phi) is 7.78. The van der Waals surface area contributed by atoms with Crippen LogP contribution in [0.4, 0.5) is 0 Å². The highest BCUT2D eigenvalue weighted by atomic mass is 35.5. The van der Waals surface area contributed by atoms with Crippen molar-refractivity contribution in [3.05, 3.63) is 28.8 Å². The lowest BCUT2D eigenvalue weighted by molar-refractivity contribution is -0.126. The molecule has 0 aromatic heterocycles. The maximum absolute atomic E-state index is 12.9. The molecule has 6 nitrogen and oxygen atoms in total. The summed E-state index contributed by atoms with van der Waals surface area (Å²) in [5, 5.41) is 3.63. The number of methoxy groups -OCH3 is 1. The van der Waals surface area contributed by atoms with E-state index in [1.807, 2.05) is 0 Å². The molecule has 1 unspecified atom stereocenters. The van der Waals surface area contributed by atoms with E-state index in [0.717, 1.165) is 6.54 Å². The molecule has 1 atom stereocenters. The number of piperidine rings is 1. The fourth-order valence-electron chi connectivity index (χ4n) is 4.25. The first-order chi connectivity index (χ1) is 14.0. The fourth-order valence-corrected chi connectivity index (χ4v) is 4.42. The molecule has 2 heterocycles. The number of nitrogens with one attached hydrogen (secondary N) is 1. The van der Waals surface area contributed by atoms with Crippen LogP contribution in [0.1, 0.15) is 43.0 Å². The Morgan fingerprint density at radius 2 is 1.90 bits per heavy atom. The van der Waals surface area contributed by atoms with Crippen molar-refractivity contribution >= 4 is 23.4 Å². The summed E-state index contributed by atoms with van der Waals surface area (Å²) in [7, 11) is 1.54. The van der Waals surface area contributed by atoms with Crippen LogP contribution in [0.15, 0.2) is 18.2 Å². The SMILES string of the molecule is COc1ccc(Cl)cc1C(=O)N1CCC(C(=O)NCC(C)CN2CCCC2)CC1. The second kappa shape index (κ2) is 10.3. The predicted octanol–water partition coefficient (Wildman–Crippen LogP) is 3.05. The van der Waals surface area contributed by atoms with Crippen molar-refractivity contribution in [1.82, 2.24) is 15.1 Å². The zero-order valence-corrected chi connectivity index (χ0v) is 18.2. The average Bonchev–Trinajstić information content (AvgIpc) is 3.24. The lowest BCUT2D eigenvalue weighted by atomic mass is 9.95. The number of nitrogens with zero attached hydrogens (tertiary/aromatic N) is 2. The Hall–Kier alpha value is -1.79. The van der Waals surface area contributed by atoms with Crippen molar-refractivity contribution in [3.8, 4) is 5.75 Å². The number of halogens is 1. The van der Waals surface area contributed by atoms with Crippen molar-refractivity contribution in [2.45, 2.75) is 32.6 Å². The number of benzene rings is 1. The molecule has 2 amide bonds. The zero-order valence-electron chi connectivity index (χ0n) is 17.5. The first-order valence-electron chi connectivity index (χ1n) is 10.6. The molecule has 7 heteroatoms. The van der Waals surface area contributed by atoms with E-state index in [4.69, 9.17) is 16.3 Å². The molecular formula is C22H32ClN3O3. The largest absolute Gasteiger partial charge is 0.496 e. The van der Waals surface area contributed by atoms with Crippen molar-refractivity contribution in [3.63, 3.8) is 0 Å². The number of carbonyl (C=O) groups excluding carboxylic acids is 2. The Labute approximate surface area is 178 Å². The maximum Gasteiger partial charge on any atom is 0.257 e. The molecule has 2 aliphatic heterocycles. The third kappa shape index (κ3) is 5.86. The topological polar surface area (TPSA) is 61.9 Å². The van der Waals surface area contributed by atoms with Crippen LogP contribution in [0, 0.1) is 11.8 Å². The highest BCUT2D eigenvalue weighted by Gasteiger charge is 2.29. The van der Waals surface area contributed by atoms with Crippen LogP contribution in [0.2, 0.25) is 5.02 Å². The van der Waals surface area contributed by atoms with E-state index in [-0.39, 0.29) is 17.7 Å².